The highest BCUT2D eigenvalue weighted by atomic mass is 16.5. The van der Waals surface area contributed by atoms with Crippen molar-refractivity contribution < 1.29 is 23.8 Å². The van der Waals surface area contributed by atoms with Gasteiger partial charge in [-0.1, -0.05) is 0 Å². The quantitative estimate of drug-likeness (QED) is 0.784. The Hall–Kier alpha value is -2.12. The average molecular weight is 388 g/mol. The van der Waals surface area contributed by atoms with Crippen LogP contribution in [0.1, 0.15) is 23.2 Å². The predicted molar refractivity (Wildman–Crippen MR) is 102 cm³/mol. The second-order valence-corrected chi connectivity index (χ2v) is 7.88. The monoisotopic (exact) mass is 388 g/mol. The Bertz CT molecular complexity index is 708. The standard InChI is InChI=1S/C21H28N2O5/c1-26-17-4-2-16(3-5-17)19(24)23-14-18(20(25)22-8-12-28-13-9-22)21(15-23)6-10-27-11-7-21/h2-5,18H,6-15H2,1H3/t18-/m0/s1. The molecule has 3 saturated heterocycles. The molecule has 3 fully saturated rings. The fourth-order valence-corrected chi connectivity index (χ4v) is 4.67. The first-order valence-corrected chi connectivity index (χ1v) is 10.0. The van der Waals surface area contributed by atoms with Gasteiger partial charge >= 0.3 is 0 Å². The van der Waals surface area contributed by atoms with E-state index >= 15 is 0 Å². The summed E-state index contributed by atoms with van der Waals surface area (Å²) in [7, 11) is 1.61. The number of hydrogen-bond donors (Lipinski definition) is 0. The van der Waals surface area contributed by atoms with Gasteiger partial charge in [-0.2, -0.15) is 0 Å². The van der Waals surface area contributed by atoms with E-state index in [0.29, 0.717) is 58.2 Å². The number of likely N-dealkylation sites (tertiary alicyclic amines) is 1. The minimum Gasteiger partial charge on any atom is -0.497 e. The summed E-state index contributed by atoms with van der Waals surface area (Å²) in [6.45, 7) is 4.83. The van der Waals surface area contributed by atoms with E-state index in [2.05, 4.69) is 0 Å². The van der Waals surface area contributed by atoms with Gasteiger partial charge in [-0.25, -0.2) is 0 Å². The molecule has 1 spiro atoms. The zero-order valence-electron chi connectivity index (χ0n) is 16.4. The number of amides is 2. The van der Waals surface area contributed by atoms with Gasteiger partial charge < -0.3 is 24.0 Å². The molecule has 0 aromatic heterocycles. The topological polar surface area (TPSA) is 68.3 Å². The molecular weight excluding hydrogens is 360 g/mol. The lowest BCUT2D eigenvalue weighted by Crippen LogP contribution is -2.49. The molecule has 0 N–H and O–H groups in total. The smallest absolute Gasteiger partial charge is 0.253 e. The normalized spacial score (nSPS) is 24.4. The van der Waals surface area contributed by atoms with E-state index in [9.17, 15) is 9.59 Å². The molecule has 0 radical (unpaired) electrons. The highest BCUT2D eigenvalue weighted by molar-refractivity contribution is 5.95. The van der Waals surface area contributed by atoms with Crippen LogP contribution in [0.2, 0.25) is 0 Å². The third-order valence-electron chi connectivity index (χ3n) is 6.38. The van der Waals surface area contributed by atoms with Gasteiger partial charge in [-0.05, 0) is 37.1 Å². The van der Waals surface area contributed by atoms with E-state index < -0.39 is 0 Å². The summed E-state index contributed by atoms with van der Waals surface area (Å²) in [6, 6.07) is 7.16. The number of nitrogens with zero attached hydrogens (tertiary/aromatic N) is 2. The molecular formula is C21H28N2O5. The first-order valence-electron chi connectivity index (χ1n) is 10.0. The summed E-state index contributed by atoms with van der Waals surface area (Å²) in [4.78, 5) is 30.2. The summed E-state index contributed by atoms with van der Waals surface area (Å²) < 4.78 is 16.2. The molecule has 28 heavy (non-hydrogen) atoms. The van der Waals surface area contributed by atoms with Gasteiger partial charge in [-0.3, -0.25) is 9.59 Å². The van der Waals surface area contributed by atoms with Crippen LogP contribution in [0.15, 0.2) is 24.3 Å². The molecule has 2 amide bonds. The maximum atomic E-state index is 13.3. The molecule has 3 heterocycles. The number of methoxy groups -OCH3 is 1. The van der Waals surface area contributed by atoms with Gasteiger partial charge in [0.1, 0.15) is 5.75 Å². The molecule has 1 aromatic carbocycles. The average Bonchev–Trinajstić information content (AvgIpc) is 3.12. The van der Waals surface area contributed by atoms with Crippen LogP contribution >= 0.6 is 0 Å². The second-order valence-electron chi connectivity index (χ2n) is 7.88. The molecule has 4 rings (SSSR count). The number of ether oxygens (including phenoxy) is 3. The Morgan fingerprint density at radius 3 is 2.29 bits per heavy atom. The van der Waals surface area contributed by atoms with Crippen molar-refractivity contribution in [2.45, 2.75) is 12.8 Å². The van der Waals surface area contributed by atoms with Crippen molar-refractivity contribution in [2.75, 3.05) is 59.7 Å². The van der Waals surface area contributed by atoms with Crippen molar-refractivity contribution in [3.63, 3.8) is 0 Å². The van der Waals surface area contributed by atoms with E-state index in [1.54, 1.807) is 31.4 Å². The molecule has 0 saturated carbocycles. The van der Waals surface area contributed by atoms with Crippen LogP contribution in [0.4, 0.5) is 0 Å². The lowest BCUT2D eigenvalue weighted by molar-refractivity contribution is -0.144. The van der Waals surface area contributed by atoms with Crippen LogP contribution in [0.25, 0.3) is 0 Å². The lowest BCUT2D eigenvalue weighted by Gasteiger charge is -2.39. The SMILES string of the molecule is COc1ccc(C(=O)N2C[C@@H](C(=O)N3CCOCC3)C3(CCOCC3)C2)cc1. The maximum Gasteiger partial charge on any atom is 0.253 e. The van der Waals surface area contributed by atoms with E-state index in [-0.39, 0.29) is 23.1 Å². The fraction of sp³-hybridized carbons (Fsp3) is 0.619. The number of rotatable bonds is 3. The molecule has 7 heteroatoms. The number of carbonyl (C=O) groups excluding carboxylic acids is 2. The third kappa shape index (κ3) is 3.61. The van der Waals surface area contributed by atoms with Crippen molar-refractivity contribution in [3.05, 3.63) is 29.8 Å². The van der Waals surface area contributed by atoms with Crippen LogP contribution in [0.3, 0.4) is 0 Å². The summed E-state index contributed by atoms with van der Waals surface area (Å²) >= 11 is 0. The minimum atomic E-state index is -0.185. The molecule has 1 atom stereocenters. The van der Waals surface area contributed by atoms with Crippen molar-refractivity contribution in [3.8, 4) is 5.75 Å². The van der Waals surface area contributed by atoms with Gasteiger partial charge in [-0.15, -0.1) is 0 Å². The molecule has 3 aliphatic heterocycles. The number of benzene rings is 1. The number of morpholine rings is 1. The Balaban J connectivity index is 1.55. The molecule has 0 aliphatic carbocycles. The van der Waals surface area contributed by atoms with Crippen LogP contribution in [-0.4, -0.2) is 81.3 Å². The Morgan fingerprint density at radius 1 is 1.00 bits per heavy atom. The molecule has 3 aliphatic rings. The molecule has 1 aromatic rings. The van der Waals surface area contributed by atoms with Gasteiger partial charge in [0.2, 0.25) is 5.91 Å². The van der Waals surface area contributed by atoms with Gasteiger partial charge in [0.05, 0.1) is 26.2 Å². The van der Waals surface area contributed by atoms with Crippen molar-refractivity contribution in [1.29, 1.82) is 0 Å². The van der Waals surface area contributed by atoms with Crippen LogP contribution in [0.5, 0.6) is 5.75 Å². The van der Waals surface area contributed by atoms with Crippen LogP contribution in [0, 0.1) is 11.3 Å². The van der Waals surface area contributed by atoms with E-state index in [4.69, 9.17) is 14.2 Å². The summed E-state index contributed by atoms with van der Waals surface area (Å²) in [6.07, 6.45) is 1.64. The molecule has 7 nitrogen and oxygen atoms in total. The van der Waals surface area contributed by atoms with Gasteiger partial charge in [0, 0.05) is 50.4 Å². The predicted octanol–water partition coefficient (Wildman–Crippen LogP) is 1.42. The van der Waals surface area contributed by atoms with Crippen molar-refractivity contribution in [2.24, 2.45) is 11.3 Å². The zero-order valence-corrected chi connectivity index (χ0v) is 16.4. The van der Waals surface area contributed by atoms with E-state index in [0.717, 1.165) is 18.6 Å². The van der Waals surface area contributed by atoms with Crippen molar-refractivity contribution in [1.82, 2.24) is 9.80 Å². The number of carbonyl (C=O) groups is 2. The highest BCUT2D eigenvalue weighted by Gasteiger charge is 2.52. The molecule has 152 valence electrons. The highest BCUT2D eigenvalue weighted by Crippen LogP contribution is 2.45. The summed E-state index contributed by atoms with van der Waals surface area (Å²) in [5.74, 6) is 0.692. The summed E-state index contributed by atoms with van der Waals surface area (Å²) in [5.41, 5.74) is 0.443. The van der Waals surface area contributed by atoms with Gasteiger partial charge in [0.25, 0.3) is 5.91 Å². The second kappa shape index (κ2) is 8.09. The zero-order chi connectivity index (χ0) is 19.6. The van der Waals surface area contributed by atoms with Gasteiger partial charge in [0.15, 0.2) is 0 Å². The largest absolute Gasteiger partial charge is 0.497 e. The minimum absolute atomic E-state index is 0.0224. The Labute approximate surface area is 165 Å². The fourth-order valence-electron chi connectivity index (χ4n) is 4.67. The van der Waals surface area contributed by atoms with E-state index in [1.807, 2.05) is 9.80 Å². The first kappa shape index (κ1) is 19.2. The third-order valence-corrected chi connectivity index (χ3v) is 6.38. The van der Waals surface area contributed by atoms with Crippen LogP contribution in [-0.2, 0) is 14.3 Å². The molecule has 0 bridgehead atoms. The Kier molecular flexibility index (Phi) is 5.55. The Morgan fingerprint density at radius 2 is 1.64 bits per heavy atom. The molecule has 0 unspecified atom stereocenters. The number of hydrogen-bond acceptors (Lipinski definition) is 5. The maximum absolute atomic E-state index is 13.3. The summed E-state index contributed by atoms with van der Waals surface area (Å²) in [5, 5.41) is 0. The van der Waals surface area contributed by atoms with E-state index in [1.165, 1.54) is 0 Å². The first-order chi connectivity index (χ1) is 13.6. The van der Waals surface area contributed by atoms with Crippen molar-refractivity contribution >= 4 is 11.8 Å². The lowest BCUT2D eigenvalue weighted by atomic mass is 9.71. The van der Waals surface area contributed by atoms with Crippen LogP contribution < -0.4 is 4.74 Å².